The van der Waals surface area contributed by atoms with E-state index < -0.39 is 0 Å². The van der Waals surface area contributed by atoms with Gasteiger partial charge in [0.05, 0.1) is 22.9 Å². The fourth-order valence-corrected chi connectivity index (χ4v) is 3.37. The number of nitriles is 1. The summed E-state index contributed by atoms with van der Waals surface area (Å²) in [6.45, 7) is 1.88. The number of allylic oxidation sites excluding steroid dienone is 1. The Balaban J connectivity index is 1.96. The van der Waals surface area contributed by atoms with Crippen LogP contribution in [0.25, 0.3) is 5.69 Å². The summed E-state index contributed by atoms with van der Waals surface area (Å²) in [6.07, 6.45) is 3.37. The van der Waals surface area contributed by atoms with Crippen LogP contribution in [-0.4, -0.2) is 14.8 Å². The van der Waals surface area contributed by atoms with Crippen molar-refractivity contribution in [2.75, 3.05) is 0 Å². The second-order valence-corrected chi connectivity index (χ2v) is 6.34. The van der Waals surface area contributed by atoms with Crippen LogP contribution in [0.5, 0.6) is 5.88 Å². The van der Waals surface area contributed by atoms with E-state index in [9.17, 15) is 5.26 Å². The first-order valence-electron chi connectivity index (χ1n) is 7.93. The minimum absolute atomic E-state index is 0.0741. The molecule has 1 aliphatic heterocycles. The zero-order valence-electron chi connectivity index (χ0n) is 13.8. The molecule has 26 heavy (non-hydrogen) atoms. The van der Waals surface area contributed by atoms with Crippen LogP contribution in [0.2, 0.25) is 5.02 Å². The van der Waals surface area contributed by atoms with Gasteiger partial charge in [-0.3, -0.25) is 4.98 Å². The van der Waals surface area contributed by atoms with Crippen LogP contribution in [0.15, 0.2) is 60.2 Å². The molecule has 2 N–H and O–H groups in total. The number of hydrogen-bond donors (Lipinski definition) is 1. The van der Waals surface area contributed by atoms with E-state index in [4.69, 9.17) is 22.1 Å². The van der Waals surface area contributed by atoms with Crippen molar-refractivity contribution in [1.82, 2.24) is 14.8 Å². The summed E-state index contributed by atoms with van der Waals surface area (Å²) in [5, 5.41) is 14.8. The van der Waals surface area contributed by atoms with Gasteiger partial charge in [0, 0.05) is 17.4 Å². The molecule has 0 saturated carbocycles. The normalized spacial score (nSPS) is 16.0. The number of hydrogen-bond acceptors (Lipinski definition) is 5. The second-order valence-electron chi connectivity index (χ2n) is 5.90. The summed E-state index contributed by atoms with van der Waals surface area (Å²) in [4.78, 5) is 4.05. The largest absolute Gasteiger partial charge is 0.422 e. The number of pyridine rings is 1. The van der Waals surface area contributed by atoms with E-state index in [1.165, 1.54) is 0 Å². The molecule has 0 unspecified atom stereocenters. The number of nitrogens with zero attached hydrogens (tertiary/aromatic N) is 4. The molecule has 0 amide bonds. The SMILES string of the molecule is Cc1nn(-c2cccc(Cl)c2)c2c1[C@@H](c1ccncc1)C(C#N)=C(N)O2. The van der Waals surface area contributed by atoms with Gasteiger partial charge in [-0.2, -0.15) is 10.4 Å². The molecule has 128 valence electrons. The Morgan fingerprint density at radius 2 is 2.04 bits per heavy atom. The van der Waals surface area contributed by atoms with Crippen molar-refractivity contribution in [3.8, 4) is 17.6 Å². The van der Waals surface area contributed by atoms with Crippen molar-refractivity contribution in [3.05, 3.63) is 82.1 Å². The van der Waals surface area contributed by atoms with E-state index in [0.29, 0.717) is 16.5 Å². The Morgan fingerprint density at radius 1 is 1.27 bits per heavy atom. The first kappa shape index (κ1) is 16.2. The highest BCUT2D eigenvalue weighted by atomic mass is 35.5. The first-order chi connectivity index (χ1) is 12.6. The van der Waals surface area contributed by atoms with Gasteiger partial charge < -0.3 is 10.5 Å². The van der Waals surface area contributed by atoms with Crippen LogP contribution in [0.3, 0.4) is 0 Å². The number of ether oxygens (including phenoxy) is 1. The molecule has 3 aromatic rings. The molecule has 0 spiro atoms. The molecule has 0 bridgehead atoms. The fraction of sp³-hybridized carbons (Fsp3) is 0.105. The van der Waals surface area contributed by atoms with E-state index >= 15 is 0 Å². The maximum Gasteiger partial charge on any atom is 0.229 e. The maximum atomic E-state index is 9.64. The van der Waals surface area contributed by atoms with Crippen LogP contribution in [0.4, 0.5) is 0 Å². The van der Waals surface area contributed by atoms with Crippen LogP contribution >= 0.6 is 11.6 Å². The van der Waals surface area contributed by atoms with Gasteiger partial charge in [0.25, 0.3) is 0 Å². The molecule has 2 aromatic heterocycles. The molecular weight excluding hydrogens is 350 g/mol. The van der Waals surface area contributed by atoms with Gasteiger partial charge in [-0.05, 0) is 42.8 Å². The van der Waals surface area contributed by atoms with E-state index in [1.54, 1.807) is 29.2 Å². The first-order valence-corrected chi connectivity index (χ1v) is 8.31. The Bertz CT molecular complexity index is 1070. The predicted molar refractivity (Wildman–Crippen MR) is 96.8 cm³/mol. The van der Waals surface area contributed by atoms with Crippen molar-refractivity contribution in [3.63, 3.8) is 0 Å². The number of aryl methyl sites for hydroxylation is 1. The Kier molecular flexibility index (Phi) is 3.86. The Labute approximate surface area is 155 Å². The maximum absolute atomic E-state index is 9.64. The topological polar surface area (TPSA) is 89.8 Å². The third kappa shape index (κ3) is 2.50. The molecule has 1 atom stereocenters. The summed E-state index contributed by atoms with van der Waals surface area (Å²) in [5.74, 6) is 0.202. The molecule has 3 heterocycles. The van der Waals surface area contributed by atoms with Gasteiger partial charge in [0.15, 0.2) is 0 Å². The van der Waals surface area contributed by atoms with E-state index in [-0.39, 0.29) is 11.8 Å². The monoisotopic (exact) mass is 363 g/mol. The molecule has 0 aliphatic carbocycles. The molecule has 0 saturated heterocycles. The lowest BCUT2D eigenvalue weighted by Gasteiger charge is -2.24. The predicted octanol–water partition coefficient (Wildman–Crippen LogP) is 3.45. The Hall–Kier alpha value is -3.30. The van der Waals surface area contributed by atoms with Gasteiger partial charge >= 0.3 is 0 Å². The number of fused-ring (bicyclic) bond motifs is 1. The van der Waals surface area contributed by atoms with Gasteiger partial charge in [0.2, 0.25) is 11.8 Å². The van der Waals surface area contributed by atoms with E-state index in [1.807, 2.05) is 31.2 Å². The zero-order chi connectivity index (χ0) is 18.3. The quantitative estimate of drug-likeness (QED) is 0.753. The van der Waals surface area contributed by atoms with Crippen molar-refractivity contribution >= 4 is 11.6 Å². The molecular formula is C19H14ClN5O. The molecule has 1 aromatic carbocycles. The molecule has 0 fully saturated rings. The highest BCUT2D eigenvalue weighted by Crippen LogP contribution is 2.44. The summed E-state index contributed by atoms with van der Waals surface area (Å²) < 4.78 is 7.47. The van der Waals surface area contributed by atoms with Gasteiger partial charge in [-0.15, -0.1) is 0 Å². The third-order valence-corrected chi connectivity index (χ3v) is 4.56. The summed E-state index contributed by atoms with van der Waals surface area (Å²) in [5.41, 5.74) is 9.64. The van der Waals surface area contributed by atoms with Gasteiger partial charge in [-0.25, -0.2) is 4.68 Å². The molecule has 6 nitrogen and oxygen atoms in total. The van der Waals surface area contributed by atoms with Crippen molar-refractivity contribution < 1.29 is 4.74 Å². The molecule has 4 rings (SSSR count). The molecule has 1 aliphatic rings. The number of halogens is 1. The fourth-order valence-electron chi connectivity index (χ4n) is 3.19. The zero-order valence-corrected chi connectivity index (χ0v) is 14.6. The van der Waals surface area contributed by atoms with Crippen molar-refractivity contribution in [2.45, 2.75) is 12.8 Å². The highest BCUT2D eigenvalue weighted by molar-refractivity contribution is 6.30. The average molecular weight is 364 g/mol. The summed E-state index contributed by atoms with van der Waals surface area (Å²) in [6, 6.07) is 13.2. The van der Waals surface area contributed by atoms with Gasteiger partial charge in [0.1, 0.15) is 11.6 Å². The number of nitrogens with two attached hydrogens (primary N) is 1. The summed E-state index contributed by atoms with van der Waals surface area (Å²) in [7, 11) is 0. The smallest absolute Gasteiger partial charge is 0.229 e. The molecule has 7 heteroatoms. The van der Waals surface area contributed by atoms with E-state index in [0.717, 1.165) is 22.5 Å². The standard InChI is InChI=1S/C19H14ClN5O/c1-11-16-17(12-5-7-23-8-6-12)15(10-21)18(22)26-19(16)25(24-11)14-4-2-3-13(20)9-14/h2-9,17H,22H2,1H3/t17-/m0/s1. The lowest BCUT2D eigenvalue weighted by Crippen LogP contribution is -2.22. The third-order valence-electron chi connectivity index (χ3n) is 4.32. The summed E-state index contributed by atoms with van der Waals surface area (Å²) >= 11 is 6.12. The lowest BCUT2D eigenvalue weighted by molar-refractivity contribution is 0.367. The Morgan fingerprint density at radius 3 is 2.73 bits per heavy atom. The van der Waals surface area contributed by atoms with E-state index in [2.05, 4.69) is 16.2 Å². The van der Waals surface area contributed by atoms with Crippen LogP contribution in [0.1, 0.15) is 22.7 Å². The lowest BCUT2D eigenvalue weighted by atomic mass is 9.84. The number of aromatic nitrogens is 3. The number of benzene rings is 1. The van der Waals surface area contributed by atoms with Crippen molar-refractivity contribution in [2.24, 2.45) is 5.73 Å². The minimum Gasteiger partial charge on any atom is -0.422 e. The van der Waals surface area contributed by atoms with Gasteiger partial charge in [-0.1, -0.05) is 17.7 Å². The van der Waals surface area contributed by atoms with Crippen LogP contribution in [-0.2, 0) is 0 Å². The average Bonchev–Trinajstić information content (AvgIpc) is 2.97. The van der Waals surface area contributed by atoms with Crippen LogP contribution in [0, 0.1) is 18.3 Å². The molecule has 0 radical (unpaired) electrons. The number of rotatable bonds is 2. The van der Waals surface area contributed by atoms with Crippen molar-refractivity contribution in [1.29, 1.82) is 5.26 Å². The minimum atomic E-state index is -0.361. The second kappa shape index (κ2) is 6.21. The van der Waals surface area contributed by atoms with Crippen LogP contribution < -0.4 is 10.5 Å². The highest BCUT2D eigenvalue weighted by Gasteiger charge is 2.36.